The monoisotopic (exact) mass is 134 g/mol. The zero-order valence-corrected chi connectivity index (χ0v) is 5.84. The van der Waals surface area contributed by atoms with Gasteiger partial charge in [0, 0.05) is 5.57 Å². The molecule has 0 bridgehead atoms. The normalized spacial score (nSPS) is 22.4. The first-order valence-corrected chi connectivity index (χ1v) is 3.67. The molecule has 2 rings (SSSR count). The van der Waals surface area contributed by atoms with Crippen LogP contribution in [-0.2, 0) is 4.74 Å². The van der Waals surface area contributed by atoms with Crippen LogP contribution in [0.25, 0.3) is 0 Å². The number of allylic oxidation sites excluding steroid dienone is 3. The van der Waals surface area contributed by atoms with Crippen LogP contribution in [0.4, 0.5) is 0 Å². The summed E-state index contributed by atoms with van der Waals surface area (Å²) in [6.07, 6.45) is 10.9. The molecule has 0 aromatic carbocycles. The van der Waals surface area contributed by atoms with Gasteiger partial charge < -0.3 is 4.74 Å². The van der Waals surface area contributed by atoms with Gasteiger partial charge in [-0.2, -0.15) is 0 Å². The molecule has 0 unspecified atom stereocenters. The lowest BCUT2D eigenvalue weighted by Gasteiger charge is -2.17. The SMILES string of the molecule is C1=CC2=CCCC=C2OC1. The van der Waals surface area contributed by atoms with Crippen LogP contribution in [0.15, 0.2) is 35.6 Å². The van der Waals surface area contributed by atoms with Gasteiger partial charge in [-0.15, -0.1) is 0 Å². The molecule has 1 aliphatic heterocycles. The van der Waals surface area contributed by atoms with Gasteiger partial charge in [-0.1, -0.05) is 12.2 Å². The van der Waals surface area contributed by atoms with Gasteiger partial charge in [0.1, 0.15) is 12.4 Å². The highest BCUT2D eigenvalue weighted by Gasteiger charge is 2.09. The molecule has 1 heteroatoms. The molecule has 1 heterocycles. The van der Waals surface area contributed by atoms with Crippen molar-refractivity contribution in [3.63, 3.8) is 0 Å². The molecule has 0 aromatic heterocycles. The maximum Gasteiger partial charge on any atom is 0.122 e. The highest BCUT2D eigenvalue weighted by atomic mass is 16.5. The minimum Gasteiger partial charge on any atom is -0.489 e. The standard InChI is InChI=1S/C9H10O/c1-2-6-9-8(4-1)5-3-7-10-9/h3-6H,1-2,7H2. The lowest BCUT2D eigenvalue weighted by molar-refractivity contribution is 0.249. The van der Waals surface area contributed by atoms with E-state index in [1.807, 2.05) is 0 Å². The van der Waals surface area contributed by atoms with E-state index < -0.39 is 0 Å². The van der Waals surface area contributed by atoms with Crippen molar-refractivity contribution in [3.8, 4) is 0 Å². The number of hydrogen-bond donors (Lipinski definition) is 0. The van der Waals surface area contributed by atoms with Crippen LogP contribution in [0, 0.1) is 0 Å². The second kappa shape index (κ2) is 2.33. The van der Waals surface area contributed by atoms with Crippen molar-refractivity contribution in [1.82, 2.24) is 0 Å². The Bertz CT molecular complexity index is 221. The van der Waals surface area contributed by atoms with Crippen molar-refractivity contribution in [1.29, 1.82) is 0 Å². The zero-order chi connectivity index (χ0) is 6.81. The molecule has 1 aliphatic carbocycles. The lowest BCUT2D eigenvalue weighted by atomic mass is 10.0. The van der Waals surface area contributed by atoms with E-state index in [0.717, 1.165) is 25.2 Å². The van der Waals surface area contributed by atoms with Crippen molar-refractivity contribution < 1.29 is 4.74 Å². The topological polar surface area (TPSA) is 9.23 Å². The third-order valence-electron chi connectivity index (χ3n) is 1.78. The molecular weight excluding hydrogens is 124 g/mol. The van der Waals surface area contributed by atoms with Gasteiger partial charge in [0.2, 0.25) is 0 Å². The molecule has 0 N–H and O–H groups in total. The Kier molecular flexibility index (Phi) is 1.35. The van der Waals surface area contributed by atoms with E-state index in [0.29, 0.717) is 0 Å². The van der Waals surface area contributed by atoms with E-state index in [1.165, 1.54) is 5.57 Å². The zero-order valence-electron chi connectivity index (χ0n) is 5.84. The summed E-state index contributed by atoms with van der Waals surface area (Å²) in [7, 11) is 0. The molecule has 2 aliphatic rings. The average molecular weight is 134 g/mol. The van der Waals surface area contributed by atoms with Gasteiger partial charge in [-0.3, -0.25) is 0 Å². The highest BCUT2D eigenvalue weighted by Crippen LogP contribution is 2.23. The van der Waals surface area contributed by atoms with Crippen LogP contribution in [-0.4, -0.2) is 6.61 Å². The number of ether oxygens (including phenoxy) is 1. The molecule has 0 aromatic rings. The second-order valence-electron chi connectivity index (χ2n) is 2.52. The van der Waals surface area contributed by atoms with Gasteiger partial charge in [0.25, 0.3) is 0 Å². The van der Waals surface area contributed by atoms with E-state index in [-0.39, 0.29) is 0 Å². The molecule has 1 nitrogen and oxygen atoms in total. The van der Waals surface area contributed by atoms with Crippen molar-refractivity contribution in [2.24, 2.45) is 0 Å². The van der Waals surface area contributed by atoms with Gasteiger partial charge in [0.15, 0.2) is 0 Å². The molecule has 0 fully saturated rings. The van der Waals surface area contributed by atoms with Crippen LogP contribution >= 0.6 is 0 Å². The summed E-state index contributed by atoms with van der Waals surface area (Å²) < 4.78 is 5.39. The third kappa shape index (κ3) is 0.878. The van der Waals surface area contributed by atoms with Crippen LogP contribution in [0.1, 0.15) is 12.8 Å². The molecule has 0 amide bonds. The van der Waals surface area contributed by atoms with Crippen LogP contribution in [0.2, 0.25) is 0 Å². The molecule has 0 atom stereocenters. The Morgan fingerprint density at radius 2 is 2.10 bits per heavy atom. The lowest BCUT2D eigenvalue weighted by Crippen LogP contribution is -2.03. The van der Waals surface area contributed by atoms with E-state index in [4.69, 9.17) is 4.74 Å². The number of hydrogen-bond acceptors (Lipinski definition) is 1. The quantitative estimate of drug-likeness (QED) is 0.493. The molecule has 0 spiro atoms. The summed E-state index contributed by atoms with van der Waals surface area (Å²) in [5.74, 6) is 1.08. The van der Waals surface area contributed by atoms with Gasteiger partial charge in [-0.25, -0.2) is 0 Å². The maximum absolute atomic E-state index is 5.39. The van der Waals surface area contributed by atoms with Gasteiger partial charge >= 0.3 is 0 Å². The molecule has 0 saturated heterocycles. The fraction of sp³-hybridized carbons (Fsp3) is 0.333. The van der Waals surface area contributed by atoms with Crippen LogP contribution in [0.5, 0.6) is 0 Å². The van der Waals surface area contributed by atoms with Gasteiger partial charge in [0.05, 0.1) is 0 Å². The second-order valence-corrected chi connectivity index (χ2v) is 2.52. The summed E-state index contributed by atoms with van der Waals surface area (Å²) >= 11 is 0. The summed E-state index contributed by atoms with van der Waals surface area (Å²) in [6, 6.07) is 0. The van der Waals surface area contributed by atoms with Crippen LogP contribution < -0.4 is 0 Å². The minimum atomic E-state index is 0.739. The Labute approximate surface area is 60.7 Å². The Morgan fingerprint density at radius 1 is 1.20 bits per heavy atom. The molecule has 10 heavy (non-hydrogen) atoms. The fourth-order valence-corrected chi connectivity index (χ4v) is 1.28. The predicted molar refractivity (Wildman–Crippen MR) is 40.5 cm³/mol. The summed E-state index contributed by atoms with van der Waals surface area (Å²) in [5, 5.41) is 0. The minimum absolute atomic E-state index is 0.739. The van der Waals surface area contributed by atoms with Crippen molar-refractivity contribution in [3.05, 3.63) is 35.6 Å². The first-order chi connectivity index (χ1) is 4.97. The van der Waals surface area contributed by atoms with E-state index >= 15 is 0 Å². The Balaban J connectivity index is 2.33. The van der Waals surface area contributed by atoms with E-state index in [1.54, 1.807) is 0 Å². The first-order valence-electron chi connectivity index (χ1n) is 3.67. The van der Waals surface area contributed by atoms with E-state index in [2.05, 4.69) is 24.3 Å². The predicted octanol–water partition coefficient (Wildman–Crippen LogP) is 2.18. The molecule has 0 saturated carbocycles. The maximum atomic E-state index is 5.39. The summed E-state index contributed by atoms with van der Waals surface area (Å²) in [5.41, 5.74) is 1.26. The number of rotatable bonds is 0. The van der Waals surface area contributed by atoms with Crippen molar-refractivity contribution >= 4 is 0 Å². The third-order valence-corrected chi connectivity index (χ3v) is 1.78. The fourth-order valence-electron chi connectivity index (χ4n) is 1.28. The Hall–Kier alpha value is -0.980. The van der Waals surface area contributed by atoms with Gasteiger partial charge in [-0.05, 0) is 25.0 Å². The number of fused-ring (bicyclic) bond motifs is 1. The summed E-state index contributed by atoms with van der Waals surface area (Å²) in [4.78, 5) is 0. The van der Waals surface area contributed by atoms with Crippen molar-refractivity contribution in [2.75, 3.05) is 6.61 Å². The van der Waals surface area contributed by atoms with E-state index in [9.17, 15) is 0 Å². The molecule has 52 valence electrons. The Morgan fingerprint density at radius 3 is 3.00 bits per heavy atom. The summed E-state index contributed by atoms with van der Waals surface area (Å²) in [6.45, 7) is 0.739. The smallest absolute Gasteiger partial charge is 0.122 e. The van der Waals surface area contributed by atoms with Crippen molar-refractivity contribution in [2.45, 2.75) is 12.8 Å². The first kappa shape index (κ1) is 5.78. The largest absolute Gasteiger partial charge is 0.489 e. The molecule has 0 radical (unpaired) electrons. The highest BCUT2D eigenvalue weighted by molar-refractivity contribution is 5.39. The van der Waals surface area contributed by atoms with Crippen LogP contribution in [0.3, 0.4) is 0 Å². The molecular formula is C9H10O. The average Bonchev–Trinajstić information content (AvgIpc) is 2.05.